The summed E-state index contributed by atoms with van der Waals surface area (Å²) in [6, 6.07) is 10.2. The molecular weight excluding hydrogens is 467 g/mol. The molecule has 4 heterocycles. The first-order chi connectivity index (χ1) is 16.9. The van der Waals surface area contributed by atoms with Crippen molar-refractivity contribution in [2.45, 2.75) is 25.9 Å². The van der Waals surface area contributed by atoms with Crippen molar-refractivity contribution in [3.8, 4) is 0 Å². The minimum Gasteiger partial charge on any atom is -0.348 e. The van der Waals surface area contributed by atoms with Gasteiger partial charge in [-0.3, -0.25) is 14.6 Å². The first-order valence-electron chi connectivity index (χ1n) is 11.2. The molecule has 0 radical (unpaired) electrons. The SMILES string of the molecule is Cc1cccc(C(=O)NC2CN(C(=O)c3nc(NC(C)c4cncc(F)c4)nc4ccsc34)C2)c1. The van der Waals surface area contributed by atoms with Crippen molar-refractivity contribution < 1.29 is 14.0 Å². The third-order valence-electron chi connectivity index (χ3n) is 5.86. The van der Waals surface area contributed by atoms with Crippen LogP contribution in [0.15, 0.2) is 54.2 Å². The summed E-state index contributed by atoms with van der Waals surface area (Å²) in [4.78, 5) is 40.3. The Balaban J connectivity index is 1.28. The number of thiophene rings is 1. The van der Waals surface area contributed by atoms with Gasteiger partial charge >= 0.3 is 0 Å². The number of halogens is 1. The molecule has 1 aliphatic rings. The summed E-state index contributed by atoms with van der Waals surface area (Å²) in [5, 5.41) is 7.98. The van der Waals surface area contributed by atoms with Crippen molar-refractivity contribution in [3.63, 3.8) is 0 Å². The molecule has 0 bridgehead atoms. The molecular formula is C25H23FN6O2S. The lowest BCUT2D eigenvalue weighted by molar-refractivity contribution is 0.0539. The molecule has 1 atom stereocenters. The average Bonchev–Trinajstić information content (AvgIpc) is 3.28. The molecule has 0 saturated carbocycles. The lowest BCUT2D eigenvalue weighted by Crippen LogP contribution is -2.61. The second-order valence-corrected chi connectivity index (χ2v) is 9.50. The van der Waals surface area contributed by atoms with Crippen LogP contribution in [0.2, 0.25) is 0 Å². The summed E-state index contributed by atoms with van der Waals surface area (Å²) in [6.07, 6.45) is 2.71. The third kappa shape index (κ3) is 4.83. The number of pyridine rings is 1. The van der Waals surface area contributed by atoms with Gasteiger partial charge in [-0.05, 0) is 49.1 Å². The maximum absolute atomic E-state index is 13.6. The van der Waals surface area contributed by atoms with Crippen molar-refractivity contribution >= 4 is 39.3 Å². The molecule has 35 heavy (non-hydrogen) atoms. The quantitative estimate of drug-likeness (QED) is 0.424. The number of anilines is 1. The first-order valence-corrected chi connectivity index (χ1v) is 12.0. The minimum atomic E-state index is -0.428. The summed E-state index contributed by atoms with van der Waals surface area (Å²) >= 11 is 1.40. The molecule has 8 nitrogen and oxygen atoms in total. The number of aromatic nitrogens is 3. The number of aryl methyl sites for hydroxylation is 1. The summed E-state index contributed by atoms with van der Waals surface area (Å²) < 4.78 is 14.3. The Morgan fingerprint density at radius 1 is 1.17 bits per heavy atom. The summed E-state index contributed by atoms with van der Waals surface area (Å²) in [5.41, 5.74) is 3.22. The van der Waals surface area contributed by atoms with Gasteiger partial charge in [0.25, 0.3) is 11.8 Å². The second-order valence-electron chi connectivity index (χ2n) is 8.58. The van der Waals surface area contributed by atoms with E-state index in [4.69, 9.17) is 0 Å². The van der Waals surface area contributed by atoms with Crippen molar-refractivity contribution in [3.05, 3.63) is 82.4 Å². The Morgan fingerprint density at radius 2 is 2.00 bits per heavy atom. The molecule has 1 aromatic carbocycles. The van der Waals surface area contributed by atoms with Gasteiger partial charge in [-0.25, -0.2) is 14.4 Å². The van der Waals surface area contributed by atoms with Crippen LogP contribution in [0.4, 0.5) is 10.3 Å². The molecule has 4 aromatic rings. The third-order valence-corrected chi connectivity index (χ3v) is 6.77. The summed E-state index contributed by atoms with van der Waals surface area (Å²) in [6.45, 7) is 4.59. The molecule has 2 amide bonds. The lowest BCUT2D eigenvalue weighted by Gasteiger charge is -2.39. The van der Waals surface area contributed by atoms with Gasteiger partial charge in [0.05, 0.1) is 28.5 Å². The van der Waals surface area contributed by atoms with E-state index in [0.717, 1.165) is 11.8 Å². The van der Waals surface area contributed by atoms with Crippen LogP contribution in [0.1, 0.15) is 44.9 Å². The number of carbonyl (C=O) groups is 2. The average molecular weight is 491 g/mol. The Labute approximate surface area is 205 Å². The Hall–Kier alpha value is -3.92. The minimum absolute atomic E-state index is 0.120. The van der Waals surface area contributed by atoms with E-state index in [2.05, 4.69) is 25.6 Å². The Bertz CT molecular complexity index is 1420. The van der Waals surface area contributed by atoms with Crippen LogP contribution in [0.3, 0.4) is 0 Å². The number of hydrogen-bond donors (Lipinski definition) is 2. The van der Waals surface area contributed by atoms with Crippen LogP contribution in [-0.2, 0) is 0 Å². The van der Waals surface area contributed by atoms with Crippen molar-refractivity contribution in [1.82, 2.24) is 25.2 Å². The fourth-order valence-electron chi connectivity index (χ4n) is 3.96. The zero-order valence-corrected chi connectivity index (χ0v) is 20.0. The molecule has 2 N–H and O–H groups in total. The molecule has 3 aromatic heterocycles. The molecule has 1 saturated heterocycles. The summed E-state index contributed by atoms with van der Waals surface area (Å²) in [5.74, 6) is -0.520. The van der Waals surface area contributed by atoms with Gasteiger partial charge in [-0.2, -0.15) is 0 Å². The molecule has 0 spiro atoms. The zero-order valence-electron chi connectivity index (χ0n) is 19.2. The lowest BCUT2D eigenvalue weighted by atomic mass is 10.1. The molecule has 0 aliphatic carbocycles. The Kier molecular flexibility index (Phi) is 6.12. The number of benzene rings is 1. The van der Waals surface area contributed by atoms with Gasteiger partial charge < -0.3 is 15.5 Å². The molecule has 10 heteroatoms. The maximum Gasteiger partial charge on any atom is 0.274 e. The van der Waals surface area contributed by atoms with Gasteiger partial charge in [-0.1, -0.05) is 17.7 Å². The predicted molar refractivity (Wildman–Crippen MR) is 132 cm³/mol. The van der Waals surface area contributed by atoms with Gasteiger partial charge in [0.1, 0.15) is 5.82 Å². The number of rotatable bonds is 6. The Morgan fingerprint density at radius 3 is 2.77 bits per heavy atom. The fourth-order valence-corrected chi connectivity index (χ4v) is 4.77. The monoisotopic (exact) mass is 490 g/mol. The highest BCUT2D eigenvalue weighted by atomic mass is 32.1. The van der Waals surface area contributed by atoms with E-state index in [1.807, 2.05) is 43.5 Å². The maximum atomic E-state index is 13.6. The molecule has 1 fully saturated rings. The van der Waals surface area contributed by atoms with E-state index < -0.39 is 5.82 Å². The second kappa shape index (κ2) is 9.38. The highest BCUT2D eigenvalue weighted by molar-refractivity contribution is 7.17. The van der Waals surface area contributed by atoms with E-state index in [1.54, 1.807) is 17.2 Å². The topological polar surface area (TPSA) is 100 Å². The summed E-state index contributed by atoms with van der Waals surface area (Å²) in [7, 11) is 0. The van der Waals surface area contributed by atoms with Gasteiger partial charge in [0, 0.05) is 24.8 Å². The van der Waals surface area contributed by atoms with Crippen LogP contribution < -0.4 is 10.6 Å². The van der Waals surface area contributed by atoms with E-state index in [-0.39, 0.29) is 29.8 Å². The number of hydrogen-bond acceptors (Lipinski definition) is 7. The van der Waals surface area contributed by atoms with Crippen molar-refractivity contribution in [1.29, 1.82) is 0 Å². The highest BCUT2D eigenvalue weighted by Gasteiger charge is 2.34. The van der Waals surface area contributed by atoms with Crippen LogP contribution >= 0.6 is 11.3 Å². The van der Waals surface area contributed by atoms with Gasteiger partial charge in [0.2, 0.25) is 5.95 Å². The van der Waals surface area contributed by atoms with Crippen molar-refractivity contribution in [2.24, 2.45) is 0 Å². The van der Waals surface area contributed by atoms with Crippen LogP contribution in [0, 0.1) is 12.7 Å². The zero-order chi connectivity index (χ0) is 24.5. The predicted octanol–water partition coefficient (Wildman–Crippen LogP) is 3.96. The normalized spacial score (nSPS) is 14.4. The number of carbonyl (C=O) groups excluding carboxylic acids is 2. The van der Waals surface area contributed by atoms with E-state index in [1.165, 1.54) is 17.4 Å². The van der Waals surface area contributed by atoms with Crippen LogP contribution in [0.5, 0.6) is 0 Å². The molecule has 5 rings (SSSR count). The number of likely N-dealkylation sites (tertiary alicyclic amines) is 1. The standard InChI is InChI=1S/C25H23FN6O2S/c1-14-4-3-5-16(8-14)23(33)29-19-12-32(13-19)24(34)21-22-20(6-7-35-22)30-25(31-21)28-15(2)17-9-18(26)11-27-10-17/h3-11,15,19H,12-13H2,1-2H3,(H,29,33)(H,28,30,31). The number of nitrogens with zero attached hydrogens (tertiary/aromatic N) is 4. The van der Waals surface area contributed by atoms with Crippen LogP contribution in [0.25, 0.3) is 10.2 Å². The van der Waals surface area contributed by atoms with E-state index in [9.17, 15) is 14.0 Å². The number of nitrogens with one attached hydrogen (secondary N) is 2. The molecule has 1 aliphatic heterocycles. The van der Waals surface area contributed by atoms with Gasteiger partial charge in [-0.15, -0.1) is 11.3 Å². The smallest absolute Gasteiger partial charge is 0.274 e. The van der Waals surface area contributed by atoms with Crippen molar-refractivity contribution in [2.75, 3.05) is 18.4 Å². The first kappa shape index (κ1) is 22.9. The van der Waals surface area contributed by atoms with E-state index in [0.29, 0.717) is 40.1 Å². The largest absolute Gasteiger partial charge is 0.348 e. The number of amides is 2. The van der Waals surface area contributed by atoms with E-state index >= 15 is 0 Å². The van der Waals surface area contributed by atoms with Gasteiger partial charge in [0.15, 0.2) is 5.69 Å². The fraction of sp³-hybridized carbons (Fsp3) is 0.240. The number of fused-ring (bicyclic) bond motifs is 1. The molecule has 1 unspecified atom stereocenters. The highest BCUT2D eigenvalue weighted by Crippen LogP contribution is 2.27. The van der Waals surface area contributed by atoms with Crippen LogP contribution in [-0.4, -0.2) is 50.8 Å². The molecule has 178 valence electrons.